The molecular weight excluding hydrogens is 333 g/mol. The van der Waals surface area contributed by atoms with Gasteiger partial charge in [0.05, 0.1) is 10.6 Å². The van der Waals surface area contributed by atoms with Crippen LogP contribution in [0.3, 0.4) is 0 Å². The molecule has 2 aromatic rings. The molecule has 0 aliphatic carbocycles. The Morgan fingerprint density at radius 1 is 1.29 bits per heavy atom. The minimum atomic E-state index is -0.756. The molecule has 0 aromatic heterocycles. The molecule has 0 radical (unpaired) electrons. The number of halogens is 2. The normalized spacial score (nSPS) is 16.0. The van der Waals surface area contributed by atoms with Crippen molar-refractivity contribution in [3.05, 3.63) is 64.4 Å². The first-order valence-electron chi connectivity index (χ1n) is 7.49. The summed E-state index contributed by atoms with van der Waals surface area (Å²) >= 11 is 5.82. The van der Waals surface area contributed by atoms with Gasteiger partial charge in [-0.1, -0.05) is 29.8 Å². The van der Waals surface area contributed by atoms with Crippen LogP contribution in [-0.2, 0) is 16.0 Å². The van der Waals surface area contributed by atoms with E-state index >= 15 is 0 Å². The molecular formula is C18H15ClFNO3. The molecule has 124 valence electrons. The number of benzene rings is 2. The van der Waals surface area contributed by atoms with E-state index in [0.29, 0.717) is 0 Å². The molecule has 3 rings (SSSR count). The number of carbonyl (C=O) groups is 2. The van der Waals surface area contributed by atoms with E-state index in [9.17, 15) is 14.0 Å². The third-order valence-corrected chi connectivity index (χ3v) is 4.27. The van der Waals surface area contributed by atoms with Gasteiger partial charge in [-0.2, -0.15) is 0 Å². The van der Waals surface area contributed by atoms with Crippen molar-refractivity contribution in [2.24, 2.45) is 0 Å². The number of ether oxygens (including phenoxy) is 1. The number of hydrogen-bond donors (Lipinski definition) is 0. The fourth-order valence-corrected chi connectivity index (χ4v) is 3.12. The maximum Gasteiger partial charge on any atom is 0.340 e. The minimum absolute atomic E-state index is 0.00279. The monoisotopic (exact) mass is 347 g/mol. The first-order valence-corrected chi connectivity index (χ1v) is 7.87. The maximum atomic E-state index is 13.0. The number of nitrogens with zero attached hydrogens (tertiary/aromatic N) is 1. The van der Waals surface area contributed by atoms with E-state index in [2.05, 4.69) is 0 Å². The van der Waals surface area contributed by atoms with Gasteiger partial charge in [0.25, 0.3) is 5.91 Å². The largest absolute Gasteiger partial charge is 0.452 e. The Hall–Kier alpha value is -2.40. The predicted octanol–water partition coefficient (Wildman–Crippen LogP) is 3.61. The molecule has 1 aliphatic heterocycles. The lowest BCUT2D eigenvalue weighted by atomic mass is 10.1. The van der Waals surface area contributed by atoms with Crippen molar-refractivity contribution >= 4 is 29.2 Å². The van der Waals surface area contributed by atoms with Crippen LogP contribution in [0.5, 0.6) is 0 Å². The van der Waals surface area contributed by atoms with Gasteiger partial charge in [-0.15, -0.1) is 0 Å². The van der Waals surface area contributed by atoms with Gasteiger partial charge in [0.15, 0.2) is 6.61 Å². The van der Waals surface area contributed by atoms with Gasteiger partial charge < -0.3 is 9.64 Å². The summed E-state index contributed by atoms with van der Waals surface area (Å²) in [6, 6.07) is 11.0. The van der Waals surface area contributed by atoms with E-state index in [4.69, 9.17) is 16.3 Å². The Morgan fingerprint density at radius 2 is 2.04 bits per heavy atom. The summed E-state index contributed by atoms with van der Waals surface area (Å²) < 4.78 is 18.1. The molecule has 24 heavy (non-hydrogen) atoms. The van der Waals surface area contributed by atoms with Gasteiger partial charge >= 0.3 is 5.97 Å². The Balaban J connectivity index is 1.69. The van der Waals surface area contributed by atoms with Gasteiger partial charge in [0, 0.05) is 11.7 Å². The third-order valence-electron chi connectivity index (χ3n) is 3.95. The van der Waals surface area contributed by atoms with Crippen LogP contribution in [0.25, 0.3) is 0 Å². The molecule has 2 aromatic carbocycles. The summed E-state index contributed by atoms with van der Waals surface area (Å²) in [6.07, 6.45) is 0.764. The zero-order valence-corrected chi connectivity index (χ0v) is 13.7. The van der Waals surface area contributed by atoms with Gasteiger partial charge in [0.2, 0.25) is 0 Å². The van der Waals surface area contributed by atoms with E-state index in [1.54, 1.807) is 4.90 Å². The van der Waals surface area contributed by atoms with Gasteiger partial charge in [-0.05, 0) is 43.2 Å². The molecule has 0 saturated carbocycles. The first kappa shape index (κ1) is 16.5. The Morgan fingerprint density at radius 3 is 2.79 bits per heavy atom. The van der Waals surface area contributed by atoms with Crippen LogP contribution >= 0.6 is 11.6 Å². The number of rotatable bonds is 3. The van der Waals surface area contributed by atoms with Crippen molar-refractivity contribution in [3.8, 4) is 0 Å². The van der Waals surface area contributed by atoms with Crippen LogP contribution in [0.15, 0.2) is 42.5 Å². The van der Waals surface area contributed by atoms with Crippen LogP contribution in [-0.4, -0.2) is 24.5 Å². The second-order valence-electron chi connectivity index (χ2n) is 5.65. The number of anilines is 1. The zero-order valence-electron chi connectivity index (χ0n) is 13.0. The van der Waals surface area contributed by atoms with Crippen LogP contribution < -0.4 is 4.90 Å². The number of carbonyl (C=O) groups excluding carboxylic acids is 2. The first-order chi connectivity index (χ1) is 11.5. The fourth-order valence-electron chi connectivity index (χ4n) is 2.88. The third kappa shape index (κ3) is 3.12. The number of esters is 1. The van der Waals surface area contributed by atoms with Crippen molar-refractivity contribution < 1.29 is 18.7 Å². The molecule has 0 N–H and O–H groups in total. The molecule has 0 bridgehead atoms. The highest BCUT2D eigenvalue weighted by molar-refractivity contribution is 6.33. The quantitative estimate of drug-likeness (QED) is 0.797. The zero-order chi connectivity index (χ0) is 17.3. The van der Waals surface area contributed by atoms with Crippen molar-refractivity contribution in [1.29, 1.82) is 0 Å². The lowest BCUT2D eigenvalue weighted by molar-refractivity contribution is -0.122. The highest BCUT2D eigenvalue weighted by Gasteiger charge is 2.31. The van der Waals surface area contributed by atoms with E-state index in [0.717, 1.165) is 29.8 Å². The van der Waals surface area contributed by atoms with Crippen molar-refractivity contribution in [1.82, 2.24) is 0 Å². The molecule has 0 fully saturated rings. The topological polar surface area (TPSA) is 46.6 Å². The van der Waals surface area contributed by atoms with Crippen LogP contribution in [0.2, 0.25) is 5.02 Å². The molecule has 0 spiro atoms. The minimum Gasteiger partial charge on any atom is -0.452 e. The lowest BCUT2D eigenvalue weighted by Gasteiger charge is -2.22. The molecule has 4 nitrogen and oxygen atoms in total. The van der Waals surface area contributed by atoms with E-state index < -0.39 is 18.4 Å². The van der Waals surface area contributed by atoms with Gasteiger partial charge in [-0.3, -0.25) is 4.79 Å². The predicted molar refractivity (Wildman–Crippen MR) is 88.8 cm³/mol. The van der Waals surface area contributed by atoms with Crippen molar-refractivity contribution in [2.45, 2.75) is 19.4 Å². The van der Waals surface area contributed by atoms with Gasteiger partial charge in [0.1, 0.15) is 5.82 Å². The smallest absolute Gasteiger partial charge is 0.340 e. The summed E-state index contributed by atoms with van der Waals surface area (Å²) in [5.41, 5.74) is 1.96. The van der Waals surface area contributed by atoms with Crippen LogP contribution in [0.1, 0.15) is 22.8 Å². The molecule has 0 unspecified atom stereocenters. The highest BCUT2D eigenvalue weighted by atomic mass is 35.5. The summed E-state index contributed by atoms with van der Waals surface area (Å²) in [5, 5.41) is -0.0488. The fraction of sp³-hybridized carbons (Fsp3) is 0.222. The molecule has 6 heteroatoms. The number of fused-ring (bicyclic) bond motifs is 1. The summed E-state index contributed by atoms with van der Waals surface area (Å²) in [7, 11) is 0. The van der Waals surface area contributed by atoms with Crippen LogP contribution in [0, 0.1) is 5.82 Å². The lowest BCUT2D eigenvalue weighted by Crippen LogP contribution is -2.38. The Kier molecular flexibility index (Phi) is 4.53. The highest BCUT2D eigenvalue weighted by Crippen LogP contribution is 2.31. The Labute approximate surface area is 143 Å². The summed E-state index contributed by atoms with van der Waals surface area (Å²) in [5.74, 6) is -1.61. The standard InChI is InChI=1S/C18H15ClFNO3/c1-11-8-12-4-2-3-5-16(12)21(11)17(22)10-24-18(23)14-7-6-13(20)9-15(14)19/h2-7,9,11H,8,10H2,1H3/t11-/m0/s1. The van der Waals surface area contributed by atoms with Crippen molar-refractivity contribution in [2.75, 3.05) is 11.5 Å². The second kappa shape index (κ2) is 6.61. The van der Waals surface area contributed by atoms with Crippen molar-refractivity contribution in [3.63, 3.8) is 0 Å². The van der Waals surface area contributed by atoms with E-state index in [-0.39, 0.29) is 22.5 Å². The molecule has 0 saturated heterocycles. The Bertz CT molecular complexity index is 809. The molecule has 1 heterocycles. The number of para-hydroxylation sites is 1. The summed E-state index contributed by atoms with van der Waals surface area (Å²) in [4.78, 5) is 26.1. The number of hydrogen-bond acceptors (Lipinski definition) is 3. The molecule has 1 atom stereocenters. The average molecular weight is 348 g/mol. The second-order valence-corrected chi connectivity index (χ2v) is 6.05. The summed E-state index contributed by atoms with van der Waals surface area (Å²) in [6.45, 7) is 1.54. The maximum absolute atomic E-state index is 13.0. The molecule has 1 amide bonds. The van der Waals surface area contributed by atoms with E-state index in [1.165, 1.54) is 6.07 Å². The van der Waals surface area contributed by atoms with Crippen LogP contribution in [0.4, 0.5) is 10.1 Å². The SMILES string of the molecule is C[C@H]1Cc2ccccc2N1C(=O)COC(=O)c1ccc(F)cc1Cl. The molecule has 1 aliphatic rings. The van der Waals surface area contributed by atoms with Gasteiger partial charge in [-0.25, -0.2) is 9.18 Å². The number of amides is 1. The van der Waals surface area contributed by atoms with E-state index in [1.807, 2.05) is 31.2 Å². The average Bonchev–Trinajstić information content (AvgIpc) is 2.88.